The van der Waals surface area contributed by atoms with Crippen LogP contribution in [-0.4, -0.2) is 32.4 Å². The van der Waals surface area contributed by atoms with Crippen LogP contribution in [-0.2, 0) is 11.8 Å². The first kappa shape index (κ1) is 14.1. The zero-order chi connectivity index (χ0) is 15.8. The Morgan fingerprint density at radius 2 is 2.04 bits per heavy atom. The van der Waals surface area contributed by atoms with E-state index in [0.29, 0.717) is 0 Å². The maximum absolute atomic E-state index is 5.94. The Morgan fingerprint density at radius 3 is 2.83 bits per heavy atom. The van der Waals surface area contributed by atoms with E-state index in [4.69, 9.17) is 4.74 Å². The van der Waals surface area contributed by atoms with E-state index < -0.39 is 0 Å². The summed E-state index contributed by atoms with van der Waals surface area (Å²) in [5.74, 6) is 0.783. The molecule has 3 heterocycles. The van der Waals surface area contributed by atoms with E-state index in [1.165, 1.54) is 0 Å². The lowest BCUT2D eigenvalue weighted by Gasteiger charge is -2.20. The second-order valence-corrected chi connectivity index (χ2v) is 5.88. The number of hydrogen-bond acceptors (Lipinski definition) is 5. The summed E-state index contributed by atoms with van der Waals surface area (Å²) in [4.78, 5) is 9.10. The Bertz CT molecular complexity index is 844. The van der Waals surface area contributed by atoms with Crippen molar-refractivity contribution < 1.29 is 4.74 Å². The SMILES string of the molecule is Cc1c([C@H]2OCC[C@@H]2Nc2cnc3ccccc3n2)cnn1C. The number of nitrogens with one attached hydrogen (secondary N) is 1. The van der Waals surface area contributed by atoms with Gasteiger partial charge in [-0.2, -0.15) is 5.10 Å². The van der Waals surface area contributed by atoms with Gasteiger partial charge in [0.2, 0.25) is 0 Å². The average Bonchev–Trinajstić information content (AvgIpc) is 3.15. The summed E-state index contributed by atoms with van der Waals surface area (Å²) in [6, 6.07) is 8.05. The van der Waals surface area contributed by atoms with Gasteiger partial charge in [0.05, 0.1) is 29.5 Å². The lowest BCUT2D eigenvalue weighted by molar-refractivity contribution is 0.107. The third-order valence-corrected chi connectivity index (χ3v) is 4.45. The minimum Gasteiger partial charge on any atom is -0.371 e. The molecule has 6 heteroatoms. The Labute approximate surface area is 134 Å². The van der Waals surface area contributed by atoms with E-state index in [-0.39, 0.29) is 12.1 Å². The van der Waals surface area contributed by atoms with E-state index >= 15 is 0 Å². The standard InChI is InChI=1S/C17H19N5O/c1-11-12(9-19-22(11)2)17-15(7-8-23-17)21-16-10-18-13-5-3-4-6-14(13)20-16/h3-6,9-10,15,17H,7-8H2,1-2H3,(H,20,21)/t15-,17+/m0/s1. The highest BCUT2D eigenvalue weighted by Crippen LogP contribution is 2.32. The van der Waals surface area contributed by atoms with Gasteiger partial charge in [-0.05, 0) is 25.5 Å². The summed E-state index contributed by atoms with van der Waals surface area (Å²) in [6.07, 6.45) is 4.62. The van der Waals surface area contributed by atoms with Gasteiger partial charge in [-0.15, -0.1) is 0 Å². The predicted octanol–water partition coefficient (Wildman–Crippen LogP) is 2.61. The first-order chi connectivity index (χ1) is 11.2. The fourth-order valence-corrected chi connectivity index (χ4v) is 3.06. The number of ether oxygens (including phenoxy) is 1. The Balaban J connectivity index is 1.60. The number of hydrogen-bond donors (Lipinski definition) is 1. The molecule has 1 N–H and O–H groups in total. The van der Waals surface area contributed by atoms with Crippen LogP contribution in [0.3, 0.4) is 0 Å². The maximum atomic E-state index is 5.94. The molecule has 3 aromatic rings. The normalized spacial score (nSPS) is 21.0. The van der Waals surface area contributed by atoms with E-state index in [1.807, 2.05) is 42.2 Å². The van der Waals surface area contributed by atoms with Crippen molar-refractivity contribution in [1.29, 1.82) is 0 Å². The molecule has 0 unspecified atom stereocenters. The van der Waals surface area contributed by atoms with Gasteiger partial charge in [-0.25, -0.2) is 4.98 Å². The number of nitrogens with zero attached hydrogens (tertiary/aromatic N) is 4. The van der Waals surface area contributed by atoms with Crippen LogP contribution in [0.15, 0.2) is 36.7 Å². The molecule has 4 rings (SSSR count). The highest BCUT2D eigenvalue weighted by Gasteiger charge is 2.32. The Morgan fingerprint density at radius 1 is 1.22 bits per heavy atom. The van der Waals surface area contributed by atoms with Crippen molar-refractivity contribution in [2.24, 2.45) is 7.05 Å². The summed E-state index contributed by atoms with van der Waals surface area (Å²) in [5, 5.41) is 7.81. The molecule has 0 spiro atoms. The molecule has 2 aromatic heterocycles. The van der Waals surface area contributed by atoms with Crippen molar-refractivity contribution in [3.63, 3.8) is 0 Å². The molecule has 1 aliphatic heterocycles. The Kier molecular flexibility index (Phi) is 3.46. The maximum Gasteiger partial charge on any atom is 0.145 e. The zero-order valence-electron chi connectivity index (χ0n) is 13.2. The molecule has 118 valence electrons. The fraction of sp³-hybridized carbons (Fsp3) is 0.353. The van der Waals surface area contributed by atoms with Crippen LogP contribution in [0.2, 0.25) is 0 Å². The second-order valence-electron chi connectivity index (χ2n) is 5.88. The number of aryl methyl sites for hydroxylation is 1. The number of rotatable bonds is 3. The van der Waals surface area contributed by atoms with Crippen LogP contribution in [0.1, 0.15) is 23.8 Å². The smallest absolute Gasteiger partial charge is 0.145 e. The molecule has 6 nitrogen and oxygen atoms in total. The first-order valence-electron chi connectivity index (χ1n) is 7.81. The van der Waals surface area contributed by atoms with Crippen molar-refractivity contribution in [3.8, 4) is 0 Å². The van der Waals surface area contributed by atoms with Crippen LogP contribution < -0.4 is 5.32 Å². The molecule has 0 saturated carbocycles. The van der Waals surface area contributed by atoms with Crippen molar-refractivity contribution in [2.45, 2.75) is 25.5 Å². The van der Waals surface area contributed by atoms with Crippen molar-refractivity contribution in [2.75, 3.05) is 11.9 Å². The van der Waals surface area contributed by atoms with Gasteiger partial charge >= 0.3 is 0 Å². The van der Waals surface area contributed by atoms with E-state index in [0.717, 1.165) is 41.1 Å². The van der Waals surface area contributed by atoms with Gasteiger partial charge < -0.3 is 10.1 Å². The average molecular weight is 309 g/mol. The highest BCUT2D eigenvalue weighted by atomic mass is 16.5. The molecule has 0 aliphatic carbocycles. The number of aromatic nitrogens is 4. The quantitative estimate of drug-likeness (QED) is 0.805. The molecule has 1 saturated heterocycles. The second kappa shape index (κ2) is 5.62. The largest absolute Gasteiger partial charge is 0.371 e. The van der Waals surface area contributed by atoms with Gasteiger partial charge in [0.15, 0.2) is 0 Å². The van der Waals surface area contributed by atoms with Crippen molar-refractivity contribution >= 4 is 16.9 Å². The predicted molar refractivity (Wildman–Crippen MR) is 88.2 cm³/mol. The van der Waals surface area contributed by atoms with Crippen LogP contribution >= 0.6 is 0 Å². The number of fused-ring (bicyclic) bond motifs is 1. The molecule has 1 aromatic carbocycles. The fourth-order valence-electron chi connectivity index (χ4n) is 3.06. The molecular formula is C17H19N5O. The van der Waals surface area contributed by atoms with Crippen LogP contribution in [0.4, 0.5) is 5.82 Å². The van der Waals surface area contributed by atoms with Crippen LogP contribution in [0.25, 0.3) is 11.0 Å². The number of benzene rings is 1. The van der Waals surface area contributed by atoms with Gasteiger partial charge in [-0.3, -0.25) is 9.67 Å². The summed E-state index contributed by atoms with van der Waals surface area (Å²) in [6.45, 7) is 2.80. The van der Waals surface area contributed by atoms with Crippen LogP contribution in [0.5, 0.6) is 0 Å². The van der Waals surface area contributed by atoms with Gasteiger partial charge in [0, 0.05) is 24.9 Å². The topological polar surface area (TPSA) is 64.9 Å². The molecular weight excluding hydrogens is 290 g/mol. The monoisotopic (exact) mass is 309 g/mol. The van der Waals surface area contributed by atoms with E-state index in [2.05, 4.69) is 27.3 Å². The molecule has 1 aliphatic rings. The number of anilines is 1. The first-order valence-corrected chi connectivity index (χ1v) is 7.81. The van der Waals surface area contributed by atoms with Gasteiger partial charge in [0.1, 0.15) is 11.9 Å². The summed E-state index contributed by atoms with van der Waals surface area (Å²) in [5.41, 5.74) is 4.07. The number of para-hydroxylation sites is 2. The molecule has 0 bridgehead atoms. The van der Waals surface area contributed by atoms with Gasteiger partial charge in [0.25, 0.3) is 0 Å². The third kappa shape index (κ3) is 2.55. The van der Waals surface area contributed by atoms with Gasteiger partial charge in [-0.1, -0.05) is 12.1 Å². The molecule has 2 atom stereocenters. The van der Waals surface area contributed by atoms with E-state index in [1.54, 1.807) is 6.20 Å². The lowest BCUT2D eigenvalue weighted by atomic mass is 10.0. The minimum absolute atomic E-state index is 0.00281. The summed E-state index contributed by atoms with van der Waals surface area (Å²) in [7, 11) is 1.95. The van der Waals surface area contributed by atoms with Crippen molar-refractivity contribution in [3.05, 3.63) is 47.9 Å². The Hall–Kier alpha value is -2.47. The minimum atomic E-state index is -0.00281. The molecule has 0 amide bonds. The molecule has 0 radical (unpaired) electrons. The lowest BCUT2D eigenvalue weighted by Crippen LogP contribution is -2.24. The zero-order valence-corrected chi connectivity index (χ0v) is 13.2. The highest BCUT2D eigenvalue weighted by molar-refractivity contribution is 5.75. The van der Waals surface area contributed by atoms with Crippen LogP contribution in [0, 0.1) is 6.92 Å². The van der Waals surface area contributed by atoms with E-state index in [9.17, 15) is 0 Å². The summed E-state index contributed by atoms with van der Waals surface area (Å²) < 4.78 is 7.82. The third-order valence-electron chi connectivity index (χ3n) is 4.45. The molecule has 1 fully saturated rings. The summed E-state index contributed by atoms with van der Waals surface area (Å²) >= 11 is 0. The van der Waals surface area contributed by atoms with Crippen molar-refractivity contribution in [1.82, 2.24) is 19.7 Å². The molecule has 23 heavy (non-hydrogen) atoms.